The van der Waals surface area contributed by atoms with Crippen molar-refractivity contribution < 1.29 is 9.90 Å². The van der Waals surface area contributed by atoms with Gasteiger partial charge in [0.15, 0.2) is 0 Å². The third-order valence-electron chi connectivity index (χ3n) is 3.37. The van der Waals surface area contributed by atoms with Gasteiger partial charge in [-0.05, 0) is 49.4 Å². The van der Waals surface area contributed by atoms with E-state index in [1.165, 1.54) is 0 Å². The van der Waals surface area contributed by atoms with E-state index >= 15 is 0 Å². The Balaban J connectivity index is 2.43. The summed E-state index contributed by atoms with van der Waals surface area (Å²) < 4.78 is 0. The molecule has 0 aliphatic carbocycles. The summed E-state index contributed by atoms with van der Waals surface area (Å²) in [6, 6.07) is 12.8. The van der Waals surface area contributed by atoms with Gasteiger partial charge in [0, 0.05) is 16.6 Å². The van der Waals surface area contributed by atoms with Crippen LogP contribution in [0.4, 0.5) is 0 Å². The lowest BCUT2D eigenvalue weighted by molar-refractivity contribution is 0.0697. The highest BCUT2D eigenvalue weighted by Gasteiger charge is 2.09. The fourth-order valence-corrected chi connectivity index (χ4v) is 2.22. The molecule has 0 fully saturated rings. The van der Waals surface area contributed by atoms with E-state index in [1.807, 2.05) is 25.2 Å². The number of benzene rings is 2. The van der Waals surface area contributed by atoms with E-state index in [4.69, 9.17) is 16.7 Å². The lowest BCUT2D eigenvalue weighted by Gasteiger charge is -2.13. The average molecular weight is 290 g/mol. The van der Waals surface area contributed by atoms with Crippen LogP contribution in [0.1, 0.15) is 28.9 Å². The van der Waals surface area contributed by atoms with Gasteiger partial charge in [-0.25, -0.2) is 4.79 Å². The Morgan fingerprint density at radius 2 is 1.85 bits per heavy atom. The number of rotatable bonds is 4. The lowest BCUT2D eigenvalue weighted by Crippen LogP contribution is -2.12. The molecule has 0 radical (unpaired) electrons. The summed E-state index contributed by atoms with van der Waals surface area (Å²) in [6.07, 6.45) is 0. The quantitative estimate of drug-likeness (QED) is 0.895. The second-order valence-electron chi connectivity index (χ2n) is 4.63. The first-order chi connectivity index (χ1) is 9.52. The van der Waals surface area contributed by atoms with Crippen molar-refractivity contribution in [3.63, 3.8) is 0 Å². The van der Waals surface area contributed by atoms with Crippen molar-refractivity contribution in [2.45, 2.75) is 13.0 Å². The highest BCUT2D eigenvalue weighted by atomic mass is 35.5. The fourth-order valence-electron chi connectivity index (χ4n) is 1.99. The Bertz CT molecular complexity index is 623. The van der Waals surface area contributed by atoms with Crippen LogP contribution in [-0.2, 0) is 0 Å². The normalized spacial score (nSPS) is 12.2. The lowest BCUT2D eigenvalue weighted by atomic mass is 9.99. The predicted octanol–water partition coefficient (Wildman–Crippen LogP) is 3.99. The average Bonchev–Trinajstić information content (AvgIpc) is 2.47. The Morgan fingerprint density at radius 1 is 1.20 bits per heavy atom. The van der Waals surface area contributed by atoms with Gasteiger partial charge in [0.05, 0.1) is 5.56 Å². The zero-order chi connectivity index (χ0) is 14.7. The highest BCUT2D eigenvalue weighted by molar-refractivity contribution is 6.33. The van der Waals surface area contributed by atoms with Crippen LogP contribution in [0.3, 0.4) is 0 Å². The molecule has 0 spiro atoms. The monoisotopic (exact) mass is 289 g/mol. The van der Waals surface area contributed by atoms with Crippen molar-refractivity contribution in [3.05, 3.63) is 58.6 Å². The number of halogens is 1. The van der Waals surface area contributed by atoms with E-state index in [9.17, 15) is 4.79 Å². The predicted molar refractivity (Wildman–Crippen MR) is 81.3 cm³/mol. The largest absolute Gasteiger partial charge is 0.478 e. The van der Waals surface area contributed by atoms with Crippen LogP contribution in [0, 0.1) is 0 Å². The number of nitrogens with one attached hydrogen (secondary N) is 1. The minimum atomic E-state index is -0.930. The van der Waals surface area contributed by atoms with Crippen molar-refractivity contribution in [2.75, 3.05) is 7.05 Å². The third kappa shape index (κ3) is 3.00. The number of carboxylic acids is 1. The molecule has 1 atom stereocenters. The molecule has 0 aliphatic rings. The van der Waals surface area contributed by atoms with Gasteiger partial charge in [0.25, 0.3) is 0 Å². The van der Waals surface area contributed by atoms with Crippen LogP contribution < -0.4 is 5.32 Å². The Labute approximate surface area is 123 Å². The summed E-state index contributed by atoms with van der Waals surface area (Å²) in [5, 5.41) is 12.8. The first-order valence-electron chi connectivity index (χ1n) is 6.33. The second kappa shape index (κ2) is 6.07. The van der Waals surface area contributed by atoms with E-state index in [-0.39, 0.29) is 11.6 Å². The molecule has 0 aliphatic heterocycles. The van der Waals surface area contributed by atoms with Gasteiger partial charge in [0.1, 0.15) is 0 Å². The first-order valence-corrected chi connectivity index (χ1v) is 6.71. The van der Waals surface area contributed by atoms with E-state index < -0.39 is 5.97 Å². The molecular formula is C16H16ClNO2. The molecule has 2 aromatic carbocycles. The summed E-state index contributed by atoms with van der Waals surface area (Å²) in [4.78, 5) is 10.9. The number of carbonyl (C=O) groups is 1. The van der Waals surface area contributed by atoms with Crippen LogP contribution >= 0.6 is 11.6 Å². The van der Waals surface area contributed by atoms with Crippen LogP contribution in [0.15, 0.2) is 42.5 Å². The molecule has 4 heteroatoms. The summed E-state index contributed by atoms with van der Waals surface area (Å²) in [5.74, 6) is -0.930. The molecular weight excluding hydrogens is 274 g/mol. The van der Waals surface area contributed by atoms with E-state index in [2.05, 4.69) is 12.2 Å². The van der Waals surface area contributed by atoms with E-state index in [0.717, 1.165) is 16.7 Å². The zero-order valence-corrected chi connectivity index (χ0v) is 12.1. The number of hydrogen-bond acceptors (Lipinski definition) is 2. The molecule has 1 unspecified atom stereocenters. The molecule has 0 heterocycles. The molecule has 104 valence electrons. The maximum atomic E-state index is 10.9. The highest BCUT2D eigenvalue weighted by Crippen LogP contribution is 2.30. The SMILES string of the molecule is CNC(C)c1ccc(Cl)c(-c2ccc(C(=O)O)cc2)c1. The Hall–Kier alpha value is -1.84. The Kier molecular flexibility index (Phi) is 4.42. The van der Waals surface area contributed by atoms with Gasteiger partial charge >= 0.3 is 5.97 Å². The molecule has 2 N–H and O–H groups in total. The summed E-state index contributed by atoms with van der Waals surface area (Å²) >= 11 is 6.24. The number of aromatic carboxylic acids is 1. The summed E-state index contributed by atoms with van der Waals surface area (Å²) in [6.45, 7) is 2.07. The first kappa shape index (κ1) is 14.6. The molecule has 0 aromatic heterocycles. The van der Waals surface area contributed by atoms with Gasteiger partial charge in [-0.3, -0.25) is 0 Å². The van der Waals surface area contributed by atoms with E-state index in [1.54, 1.807) is 24.3 Å². The van der Waals surface area contributed by atoms with Crippen molar-refractivity contribution in [1.82, 2.24) is 5.32 Å². The van der Waals surface area contributed by atoms with Crippen LogP contribution in [0.5, 0.6) is 0 Å². The van der Waals surface area contributed by atoms with Gasteiger partial charge in [0.2, 0.25) is 0 Å². The van der Waals surface area contributed by atoms with E-state index in [0.29, 0.717) is 5.02 Å². The number of hydrogen-bond donors (Lipinski definition) is 2. The Morgan fingerprint density at radius 3 is 2.40 bits per heavy atom. The van der Waals surface area contributed by atoms with Crippen molar-refractivity contribution >= 4 is 17.6 Å². The van der Waals surface area contributed by atoms with Gasteiger partial charge in [-0.2, -0.15) is 0 Å². The maximum absolute atomic E-state index is 10.9. The van der Waals surface area contributed by atoms with Crippen LogP contribution in [0.2, 0.25) is 5.02 Å². The van der Waals surface area contributed by atoms with Crippen LogP contribution in [-0.4, -0.2) is 18.1 Å². The molecule has 0 saturated heterocycles. The minimum absolute atomic E-state index is 0.226. The third-order valence-corrected chi connectivity index (χ3v) is 3.70. The molecule has 3 nitrogen and oxygen atoms in total. The molecule has 0 bridgehead atoms. The maximum Gasteiger partial charge on any atom is 0.335 e. The zero-order valence-electron chi connectivity index (χ0n) is 11.4. The fraction of sp³-hybridized carbons (Fsp3) is 0.188. The van der Waals surface area contributed by atoms with Crippen molar-refractivity contribution in [1.29, 1.82) is 0 Å². The van der Waals surface area contributed by atoms with Crippen molar-refractivity contribution in [3.8, 4) is 11.1 Å². The topological polar surface area (TPSA) is 49.3 Å². The standard InChI is InChI=1S/C16H16ClNO2/c1-10(18-2)13-7-8-15(17)14(9-13)11-3-5-12(6-4-11)16(19)20/h3-10,18H,1-2H3,(H,19,20). The van der Waals surface area contributed by atoms with Crippen molar-refractivity contribution in [2.24, 2.45) is 0 Å². The minimum Gasteiger partial charge on any atom is -0.478 e. The van der Waals surface area contributed by atoms with Gasteiger partial charge in [-0.1, -0.05) is 29.8 Å². The van der Waals surface area contributed by atoms with Crippen LogP contribution in [0.25, 0.3) is 11.1 Å². The molecule has 0 amide bonds. The number of carboxylic acid groups (broad SMARTS) is 1. The summed E-state index contributed by atoms with van der Waals surface area (Å²) in [5.41, 5.74) is 3.21. The van der Waals surface area contributed by atoms with Gasteiger partial charge < -0.3 is 10.4 Å². The molecule has 20 heavy (non-hydrogen) atoms. The molecule has 2 rings (SSSR count). The molecule has 0 saturated carbocycles. The summed E-state index contributed by atoms with van der Waals surface area (Å²) in [7, 11) is 1.90. The smallest absolute Gasteiger partial charge is 0.335 e. The second-order valence-corrected chi connectivity index (χ2v) is 5.04. The van der Waals surface area contributed by atoms with Gasteiger partial charge in [-0.15, -0.1) is 0 Å². The molecule has 2 aromatic rings.